The van der Waals surface area contributed by atoms with Crippen molar-refractivity contribution in [1.82, 2.24) is 0 Å². The normalized spacial score (nSPS) is 12.4. The number of benzene rings is 3. The maximum absolute atomic E-state index is 5.57. The Hall–Kier alpha value is -3.08. The lowest BCUT2D eigenvalue weighted by molar-refractivity contribution is 0.354. The number of anilines is 1. The van der Waals surface area contributed by atoms with Gasteiger partial charge in [0.1, 0.15) is 0 Å². The van der Waals surface area contributed by atoms with Gasteiger partial charge in [0.05, 0.1) is 34.1 Å². The van der Waals surface area contributed by atoms with Crippen molar-refractivity contribution in [3.63, 3.8) is 0 Å². The Morgan fingerprint density at radius 3 is 1.82 bits per heavy atom. The van der Waals surface area contributed by atoms with Gasteiger partial charge in [-0.25, -0.2) is 0 Å². The van der Waals surface area contributed by atoms with Crippen molar-refractivity contribution in [2.24, 2.45) is 0 Å². The first kappa shape index (κ1) is 18.3. The zero-order chi connectivity index (χ0) is 20.0. The smallest absolute Gasteiger partial charge is 0.161 e. The summed E-state index contributed by atoms with van der Waals surface area (Å²) < 4.78 is 22.1. The van der Waals surface area contributed by atoms with E-state index in [0.29, 0.717) is 0 Å². The maximum atomic E-state index is 5.57. The molecule has 0 aromatic heterocycles. The molecular weight excluding hydrogens is 354 g/mol. The Kier molecular flexibility index (Phi) is 4.46. The van der Waals surface area contributed by atoms with Crippen LogP contribution in [-0.4, -0.2) is 35.5 Å². The summed E-state index contributed by atoms with van der Waals surface area (Å²) in [6.45, 7) is 2.92. The molecule has 0 spiro atoms. The molecule has 28 heavy (non-hydrogen) atoms. The van der Waals surface area contributed by atoms with Gasteiger partial charge < -0.3 is 23.8 Å². The standard InChI is InChI=1S/C23H25NO4/c1-13-7-17-16-10-21(27-5)19(25-3)8-14(16)12-24(2)23(17)18-11-22(28-6)20(26-4)9-15(13)18/h7-11H,12H2,1-6H3. The first-order valence-corrected chi connectivity index (χ1v) is 9.18. The SMILES string of the molecule is COc1cc2c(cc1OC)-c1cc(C)c3cc(OC)c(OC)cc3c1N(C)C2. The third-order valence-electron chi connectivity index (χ3n) is 5.51. The van der Waals surface area contributed by atoms with E-state index in [2.05, 4.69) is 49.2 Å². The number of methoxy groups -OCH3 is 4. The molecule has 0 N–H and O–H groups in total. The van der Waals surface area contributed by atoms with Gasteiger partial charge in [-0.3, -0.25) is 0 Å². The summed E-state index contributed by atoms with van der Waals surface area (Å²) in [5.41, 5.74) is 5.94. The third kappa shape index (κ3) is 2.61. The molecule has 1 heterocycles. The molecule has 0 saturated carbocycles. The van der Waals surface area contributed by atoms with Crippen LogP contribution < -0.4 is 23.8 Å². The van der Waals surface area contributed by atoms with Gasteiger partial charge in [-0.2, -0.15) is 0 Å². The second kappa shape index (κ2) is 6.82. The summed E-state index contributed by atoms with van der Waals surface area (Å²) in [4.78, 5) is 2.28. The number of rotatable bonds is 4. The predicted octanol–water partition coefficient (Wildman–Crippen LogP) is 4.80. The van der Waals surface area contributed by atoms with E-state index >= 15 is 0 Å². The monoisotopic (exact) mass is 379 g/mol. The minimum atomic E-state index is 0.731. The van der Waals surface area contributed by atoms with Gasteiger partial charge in [0.15, 0.2) is 23.0 Å². The van der Waals surface area contributed by atoms with Crippen LogP contribution in [0.15, 0.2) is 30.3 Å². The number of hydrogen-bond acceptors (Lipinski definition) is 5. The van der Waals surface area contributed by atoms with Crippen molar-refractivity contribution in [2.45, 2.75) is 13.5 Å². The number of hydrogen-bond donors (Lipinski definition) is 0. The molecule has 3 aromatic carbocycles. The Morgan fingerprint density at radius 2 is 1.21 bits per heavy atom. The second-order valence-corrected chi connectivity index (χ2v) is 7.06. The van der Waals surface area contributed by atoms with Crippen molar-refractivity contribution in [3.8, 4) is 34.1 Å². The van der Waals surface area contributed by atoms with Crippen LogP contribution in [0, 0.1) is 6.92 Å². The highest BCUT2D eigenvalue weighted by Crippen LogP contribution is 2.48. The Bertz CT molecular complexity index is 1070. The van der Waals surface area contributed by atoms with Gasteiger partial charge in [0.25, 0.3) is 0 Å². The van der Waals surface area contributed by atoms with E-state index in [4.69, 9.17) is 18.9 Å². The summed E-state index contributed by atoms with van der Waals surface area (Å²) >= 11 is 0. The molecule has 0 unspecified atom stereocenters. The van der Waals surface area contributed by atoms with E-state index < -0.39 is 0 Å². The first-order chi connectivity index (χ1) is 13.5. The molecule has 0 aliphatic carbocycles. The highest BCUT2D eigenvalue weighted by Gasteiger charge is 2.26. The minimum Gasteiger partial charge on any atom is -0.493 e. The zero-order valence-electron chi connectivity index (χ0n) is 17.2. The number of nitrogens with zero attached hydrogens (tertiary/aromatic N) is 1. The van der Waals surface area contributed by atoms with Gasteiger partial charge >= 0.3 is 0 Å². The van der Waals surface area contributed by atoms with Crippen LogP contribution in [0.25, 0.3) is 21.9 Å². The van der Waals surface area contributed by atoms with Gasteiger partial charge in [-0.15, -0.1) is 0 Å². The Morgan fingerprint density at radius 1 is 0.679 bits per heavy atom. The molecule has 0 bridgehead atoms. The fraction of sp³-hybridized carbons (Fsp3) is 0.304. The van der Waals surface area contributed by atoms with Gasteiger partial charge in [-0.05, 0) is 59.3 Å². The van der Waals surface area contributed by atoms with Crippen LogP contribution in [0.5, 0.6) is 23.0 Å². The molecule has 0 saturated heterocycles. The summed E-state index contributed by atoms with van der Waals surface area (Å²) in [7, 11) is 8.79. The minimum absolute atomic E-state index is 0.731. The van der Waals surface area contributed by atoms with Crippen LogP contribution >= 0.6 is 0 Å². The predicted molar refractivity (Wildman–Crippen MR) is 112 cm³/mol. The lowest BCUT2D eigenvalue weighted by Gasteiger charge is -2.32. The van der Waals surface area contributed by atoms with E-state index in [1.54, 1.807) is 28.4 Å². The largest absolute Gasteiger partial charge is 0.493 e. The highest BCUT2D eigenvalue weighted by atomic mass is 16.5. The highest BCUT2D eigenvalue weighted by molar-refractivity contribution is 6.06. The summed E-state index contributed by atoms with van der Waals surface area (Å²) in [5.74, 6) is 2.96. The number of aryl methyl sites for hydroxylation is 1. The van der Waals surface area contributed by atoms with Crippen molar-refractivity contribution >= 4 is 16.5 Å². The van der Waals surface area contributed by atoms with Crippen LogP contribution in [0.3, 0.4) is 0 Å². The van der Waals surface area contributed by atoms with Crippen molar-refractivity contribution < 1.29 is 18.9 Å². The van der Waals surface area contributed by atoms with E-state index in [9.17, 15) is 0 Å². The zero-order valence-corrected chi connectivity index (χ0v) is 17.2. The fourth-order valence-corrected chi connectivity index (χ4v) is 4.16. The molecule has 3 aromatic rings. The molecule has 0 fully saturated rings. The molecule has 0 atom stereocenters. The molecule has 0 amide bonds. The topological polar surface area (TPSA) is 40.2 Å². The van der Waals surface area contributed by atoms with Gasteiger partial charge in [0.2, 0.25) is 0 Å². The van der Waals surface area contributed by atoms with Crippen LogP contribution in [0.2, 0.25) is 0 Å². The molecule has 5 heteroatoms. The van der Waals surface area contributed by atoms with E-state index in [1.165, 1.54) is 27.9 Å². The lowest BCUT2D eigenvalue weighted by atomic mass is 9.88. The van der Waals surface area contributed by atoms with Gasteiger partial charge in [0, 0.05) is 24.5 Å². The van der Waals surface area contributed by atoms with Crippen LogP contribution in [-0.2, 0) is 6.54 Å². The van der Waals surface area contributed by atoms with E-state index in [1.807, 2.05) is 0 Å². The molecule has 1 aliphatic heterocycles. The molecule has 1 aliphatic rings. The Labute approximate surface area is 165 Å². The second-order valence-electron chi connectivity index (χ2n) is 7.06. The molecular formula is C23H25NO4. The Balaban J connectivity index is 2.06. The molecule has 5 nitrogen and oxygen atoms in total. The third-order valence-corrected chi connectivity index (χ3v) is 5.51. The molecule has 4 rings (SSSR count). The van der Waals surface area contributed by atoms with Crippen molar-refractivity contribution in [1.29, 1.82) is 0 Å². The van der Waals surface area contributed by atoms with Gasteiger partial charge in [-0.1, -0.05) is 0 Å². The quantitative estimate of drug-likeness (QED) is 0.651. The number of ether oxygens (including phenoxy) is 4. The summed E-state index contributed by atoms with van der Waals surface area (Å²) in [5, 5.41) is 2.31. The summed E-state index contributed by atoms with van der Waals surface area (Å²) in [6, 6.07) is 10.5. The van der Waals surface area contributed by atoms with E-state index in [0.717, 1.165) is 40.3 Å². The molecule has 146 valence electrons. The van der Waals surface area contributed by atoms with Crippen molar-refractivity contribution in [2.75, 3.05) is 40.4 Å². The lowest BCUT2D eigenvalue weighted by Crippen LogP contribution is -2.22. The summed E-state index contributed by atoms with van der Waals surface area (Å²) in [6.07, 6.45) is 0. The van der Waals surface area contributed by atoms with E-state index in [-0.39, 0.29) is 0 Å². The van der Waals surface area contributed by atoms with Crippen LogP contribution in [0.4, 0.5) is 5.69 Å². The average molecular weight is 379 g/mol. The maximum Gasteiger partial charge on any atom is 0.161 e. The average Bonchev–Trinajstić information content (AvgIpc) is 2.71. The first-order valence-electron chi connectivity index (χ1n) is 9.18. The molecule has 0 radical (unpaired) electrons. The fourth-order valence-electron chi connectivity index (χ4n) is 4.16. The number of fused-ring (bicyclic) bond motifs is 5. The van der Waals surface area contributed by atoms with Crippen molar-refractivity contribution in [3.05, 3.63) is 41.5 Å². The van der Waals surface area contributed by atoms with Crippen LogP contribution in [0.1, 0.15) is 11.1 Å².